The third-order valence-electron chi connectivity index (χ3n) is 3.88. The highest BCUT2D eigenvalue weighted by Gasteiger charge is 2.33. The highest BCUT2D eigenvalue weighted by Crippen LogP contribution is 2.19. The summed E-state index contributed by atoms with van der Waals surface area (Å²) in [7, 11) is 0. The SMILES string of the molecule is C[C@@H](C#N)CNC(=O)[C@@H]1CCCN1C(=O)Cc1ccccc1. The Morgan fingerprint density at radius 2 is 2.14 bits per heavy atom. The topological polar surface area (TPSA) is 73.2 Å². The van der Waals surface area contributed by atoms with Crippen molar-refractivity contribution in [2.24, 2.45) is 5.92 Å². The number of carbonyl (C=O) groups is 2. The van der Waals surface area contributed by atoms with Gasteiger partial charge in [0.2, 0.25) is 11.8 Å². The van der Waals surface area contributed by atoms with Crippen LogP contribution >= 0.6 is 0 Å². The first-order chi connectivity index (χ1) is 10.6. The number of carbonyl (C=O) groups excluding carboxylic acids is 2. The number of hydrogen-bond acceptors (Lipinski definition) is 3. The summed E-state index contributed by atoms with van der Waals surface area (Å²) >= 11 is 0. The number of rotatable bonds is 5. The Morgan fingerprint density at radius 1 is 1.41 bits per heavy atom. The van der Waals surface area contributed by atoms with Crippen LogP contribution in [0.3, 0.4) is 0 Å². The monoisotopic (exact) mass is 299 g/mol. The van der Waals surface area contributed by atoms with E-state index in [0.29, 0.717) is 25.9 Å². The molecule has 0 spiro atoms. The van der Waals surface area contributed by atoms with Gasteiger partial charge in [0.25, 0.3) is 0 Å². The first kappa shape index (κ1) is 16.0. The van der Waals surface area contributed by atoms with Crippen molar-refractivity contribution in [1.82, 2.24) is 10.2 Å². The number of likely N-dealkylation sites (tertiary alicyclic amines) is 1. The highest BCUT2D eigenvalue weighted by molar-refractivity contribution is 5.89. The van der Waals surface area contributed by atoms with E-state index >= 15 is 0 Å². The minimum Gasteiger partial charge on any atom is -0.353 e. The minimum absolute atomic E-state index is 0.0165. The zero-order valence-corrected chi connectivity index (χ0v) is 12.8. The molecule has 0 radical (unpaired) electrons. The van der Waals surface area contributed by atoms with Crippen LogP contribution in [0.5, 0.6) is 0 Å². The Hall–Kier alpha value is -2.35. The van der Waals surface area contributed by atoms with Crippen LogP contribution in [0, 0.1) is 17.2 Å². The lowest BCUT2D eigenvalue weighted by molar-refractivity contribution is -0.138. The average molecular weight is 299 g/mol. The van der Waals surface area contributed by atoms with Gasteiger partial charge in [-0.3, -0.25) is 9.59 Å². The Bertz CT molecular complexity index is 565. The molecule has 2 atom stereocenters. The van der Waals surface area contributed by atoms with Gasteiger partial charge < -0.3 is 10.2 Å². The van der Waals surface area contributed by atoms with Gasteiger partial charge in [0.1, 0.15) is 6.04 Å². The third kappa shape index (κ3) is 4.08. The third-order valence-corrected chi connectivity index (χ3v) is 3.88. The fraction of sp³-hybridized carbons (Fsp3) is 0.471. The van der Waals surface area contributed by atoms with Gasteiger partial charge in [0.05, 0.1) is 18.4 Å². The Labute approximate surface area is 130 Å². The summed E-state index contributed by atoms with van der Waals surface area (Å²) in [5, 5.41) is 11.5. The average Bonchev–Trinajstić information content (AvgIpc) is 3.03. The molecule has 5 heteroatoms. The molecule has 5 nitrogen and oxygen atoms in total. The van der Waals surface area contributed by atoms with Crippen LogP contribution in [0.1, 0.15) is 25.3 Å². The van der Waals surface area contributed by atoms with Crippen molar-refractivity contribution < 1.29 is 9.59 Å². The predicted molar refractivity (Wildman–Crippen MR) is 82.7 cm³/mol. The molecule has 0 unspecified atom stereocenters. The van der Waals surface area contributed by atoms with Crippen molar-refractivity contribution in [2.45, 2.75) is 32.2 Å². The highest BCUT2D eigenvalue weighted by atomic mass is 16.2. The minimum atomic E-state index is -0.401. The second-order valence-corrected chi connectivity index (χ2v) is 5.68. The second-order valence-electron chi connectivity index (χ2n) is 5.68. The molecule has 0 bridgehead atoms. The molecule has 0 aliphatic carbocycles. The van der Waals surface area contributed by atoms with Crippen LogP contribution in [0.2, 0.25) is 0 Å². The Kier molecular flexibility index (Phi) is 5.54. The van der Waals surface area contributed by atoms with Crippen molar-refractivity contribution >= 4 is 11.8 Å². The summed E-state index contributed by atoms with van der Waals surface area (Å²) in [5.41, 5.74) is 0.955. The van der Waals surface area contributed by atoms with Gasteiger partial charge in [-0.05, 0) is 25.3 Å². The standard InChI is InChI=1S/C17H21N3O2/c1-13(11-18)12-19-17(22)15-8-5-9-20(15)16(21)10-14-6-3-2-4-7-14/h2-4,6-7,13,15H,5,8-10,12H2,1H3,(H,19,22)/t13-,15-/m0/s1. The maximum absolute atomic E-state index is 12.4. The lowest BCUT2D eigenvalue weighted by atomic mass is 10.1. The van der Waals surface area contributed by atoms with Crippen LogP contribution in [-0.2, 0) is 16.0 Å². The Morgan fingerprint density at radius 3 is 2.82 bits per heavy atom. The van der Waals surface area contributed by atoms with Crippen LogP contribution < -0.4 is 5.32 Å². The summed E-state index contributed by atoms with van der Waals surface area (Å²) in [6.45, 7) is 2.71. The van der Waals surface area contributed by atoms with Crippen molar-refractivity contribution in [3.63, 3.8) is 0 Å². The first-order valence-corrected chi connectivity index (χ1v) is 7.62. The van der Waals surface area contributed by atoms with Crippen molar-refractivity contribution in [2.75, 3.05) is 13.1 Å². The summed E-state index contributed by atoms with van der Waals surface area (Å²) in [6.07, 6.45) is 1.85. The van der Waals surface area contributed by atoms with Crippen molar-refractivity contribution in [1.29, 1.82) is 5.26 Å². The maximum Gasteiger partial charge on any atom is 0.242 e. The summed E-state index contributed by atoms with van der Waals surface area (Å²) < 4.78 is 0. The van der Waals surface area contributed by atoms with Gasteiger partial charge in [-0.1, -0.05) is 30.3 Å². The lowest BCUT2D eigenvalue weighted by Crippen LogP contribution is -2.47. The zero-order valence-electron chi connectivity index (χ0n) is 12.8. The molecule has 1 heterocycles. The number of nitrogens with zero attached hydrogens (tertiary/aromatic N) is 2. The molecule has 1 aromatic carbocycles. The van der Waals surface area contributed by atoms with Gasteiger partial charge in [0.15, 0.2) is 0 Å². The molecule has 1 aromatic rings. The largest absolute Gasteiger partial charge is 0.353 e. The fourth-order valence-corrected chi connectivity index (χ4v) is 2.63. The van der Waals surface area contributed by atoms with Gasteiger partial charge in [0, 0.05) is 13.1 Å². The number of nitriles is 1. The summed E-state index contributed by atoms with van der Waals surface area (Å²) in [4.78, 5) is 26.3. The molecule has 1 fully saturated rings. The van der Waals surface area contributed by atoms with E-state index in [0.717, 1.165) is 12.0 Å². The zero-order chi connectivity index (χ0) is 15.9. The second kappa shape index (κ2) is 7.60. The molecule has 1 N–H and O–H groups in total. The normalized spacial score (nSPS) is 18.5. The van der Waals surface area contributed by atoms with Crippen molar-refractivity contribution in [3.05, 3.63) is 35.9 Å². The van der Waals surface area contributed by atoms with Crippen LogP contribution in [0.25, 0.3) is 0 Å². The van der Waals surface area contributed by atoms with Crippen LogP contribution in [-0.4, -0.2) is 35.8 Å². The first-order valence-electron chi connectivity index (χ1n) is 7.62. The van der Waals surface area contributed by atoms with E-state index in [1.165, 1.54) is 0 Å². The maximum atomic E-state index is 12.4. The van der Waals surface area contributed by atoms with Crippen LogP contribution in [0.4, 0.5) is 0 Å². The molecule has 2 rings (SSSR count). The molecular formula is C17H21N3O2. The van der Waals surface area contributed by atoms with Gasteiger partial charge >= 0.3 is 0 Å². The molecule has 0 aromatic heterocycles. The Balaban J connectivity index is 1.93. The van der Waals surface area contributed by atoms with Crippen LogP contribution in [0.15, 0.2) is 30.3 Å². The van der Waals surface area contributed by atoms with Gasteiger partial charge in [-0.25, -0.2) is 0 Å². The molecule has 1 aliphatic rings. The molecule has 1 aliphatic heterocycles. The molecule has 2 amide bonds. The van der Waals surface area contributed by atoms with E-state index < -0.39 is 6.04 Å². The predicted octanol–water partition coefficient (Wildman–Crippen LogP) is 1.50. The van der Waals surface area contributed by atoms with E-state index in [1.54, 1.807) is 11.8 Å². The summed E-state index contributed by atoms with van der Waals surface area (Å²) in [6, 6.07) is 11.2. The van der Waals surface area contributed by atoms with E-state index in [-0.39, 0.29) is 17.7 Å². The van der Waals surface area contributed by atoms with Gasteiger partial charge in [-0.15, -0.1) is 0 Å². The molecule has 0 saturated carbocycles. The smallest absolute Gasteiger partial charge is 0.242 e. The molecule has 116 valence electrons. The lowest BCUT2D eigenvalue weighted by Gasteiger charge is -2.24. The van der Waals surface area contributed by atoms with E-state index in [4.69, 9.17) is 5.26 Å². The number of hydrogen-bond donors (Lipinski definition) is 1. The van der Waals surface area contributed by atoms with E-state index in [9.17, 15) is 9.59 Å². The fourth-order valence-electron chi connectivity index (χ4n) is 2.63. The number of nitrogens with one attached hydrogen (secondary N) is 1. The molecular weight excluding hydrogens is 278 g/mol. The quantitative estimate of drug-likeness (QED) is 0.895. The van der Waals surface area contributed by atoms with E-state index in [1.807, 2.05) is 30.3 Å². The van der Waals surface area contributed by atoms with Crippen molar-refractivity contribution in [3.8, 4) is 6.07 Å². The van der Waals surface area contributed by atoms with Gasteiger partial charge in [-0.2, -0.15) is 5.26 Å². The molecule has 22 heavy (non-hydrogen) atoms. The van der Waals surface area contributed by atoms with E-state index in [2.05, 4.69) is 11.4 Å². The molecule has 1 saturated heterocycles. The summed E-state index contributed by atoms with van der Waals surface area (Å²) in [5.74, 6) is -0.392. The number of benzene rings is 1. The number of amides is 2.